The van der Waals surface area contributed by atoms with Gasteiger partial charge in [-0.1, -0.05) is 69.8 Å². The fourth-order valence-corrected chi connectivity index (χ4v) is 1.78. The summed E-state index contributed by atoms with van der Waals surface area (Å²) in [4.78, 5) is 10.2. The van der Waals surface area contributed by atoms with Gasteiger partial charge in [0.15, 0.2) is 0 Å². The molecule has 0 amide bonds. The first-order chi connectivity index (χ1) is 8.77. The number of unbranched alkanes of at least 4 members (excludes halogenated alkanes) is 7. The zero-order valence-electron chi connectivity index (χ0n) is 11.7. The predicted molar refractivity (Wildman–Crippen MR) is 77.8 cm³/mol. The zero-order chi connectivity index (χ0) is 13.5. The minimum atomic E-state index is -0.730. The Hall–Kier alpha value is -1.05. The van der Waals surface area contributed by atoms with Crippen molar-refractivity contribution in [2.24, 2.45) is 0 Å². The molecule has 0 aromatic rings. The van der Waals surface area contributed by atoms with Crippen LogP contribution in [0.2, 0.25) is 0 Å². The van der Waals surface area contributed by atoms with Crippen LogP contribution in [0.25, 0.3) is 0 Å². The Labute approximate surface area is 112 Å². The molecule has 0 fully saturated rings. The van der Waals surface area contributed by atoms with Gasteiger partial charge >= 0.3 is 5.97 Å². The van der Waals surface area contributed by atoms with Crippen molar-refractivity contribution in [2.45, 2.75) is 71.1 Å². The molecule has 0 aliphatic rings. The van der Waals surface area contributed by atoms with Gasteiger partial charge in [0.2, 0.25) is 0 Å². The van der Waals surface area contributed by atoms with E-state index >= 15 is 0 Å². The molecule has 104 valence electrons. The summed E-state index contributed by atoms with van der Waals surface area (Å²) < 4.78 is 0. The Morgan fingerprint density at radius 3 is 2.06 bits per heavy atom. The summed E-state index contributed by atoms with van der Waals surface area (Å²) in [5.74, 6) is -0.730. The summed E-state index contributed by atoms with van der Waals surface area (Å²) in [5.41, 5.74) is 0. The molecule has 0 aliphatic carbocycles. The molecule has 0 saturated heterocycles. The average Bonchev–Trinajstić information content (AvgIpc) is 2.34. The summed E-state index contributed by atoms with van der Waals surface area (Å²) in [6, 6.07) is 0. The second kappa shape index (κ2) is 14.0. The molecule has 18 heavy (non-hydrogen) atoms. The van der Waals surface area contributed by atoms with E-state index in [0.29, 0.717) is 6.42 Å². The maximum atomic E-state index is 10.2. The highest BCUT2D eigenvalue weighted by molar-refractivity contribution is 5.66. The molecule has 0 rings (SSSR count). The number of carbonyl (C=O) groups is 1. The molecule has 2 nitrogen and oxygen atoms in total. The Kier molecular flexibility index (Phi) is 13.2. The van der Waals surface area contributed by atoms with Crippen molar-refractivity contribution in [3.05, 3.63) is 24.3 Å². The average molecular weight is 252 g/mol. The molecule has 0 radical (unpaired) electrons. The highest BCUT2D eigenvalue weighted by atomic mass is 16.4. The predicted octanol–water partition coefficient (Wildman–Crippen LogP) is 5.10. The van der Waals surface area contributed by atoms with Crippen LogP contribution >= 0.6 is 0 Å². The number of aliphatic carboxylic acids is 1. The van der Waals surface area contributed by atoms with Gasteiger partial charge in [-0.25, -0.2) is 0 Å². The van der Waals surface area contributed by atoms with E-state index < -0.39 is 5.97 Å². The lowest BCUT2D eigenvalue weighted by Crippen LogP contribution is -1.91. The minimum absolute atomic E-state index is 0.224. The normalized spacial score (nSPS) is 11.6. The second-order valence-electron chi connectivity index (χ2n) is 4.70. The van der Waals surface area contributed by atoms with Crippen LogP contribution < -0.4 is 0 Å². The SMILES string of the molecule is CCCCCCCCCC=CC=CCCC(=O)O. The number of allylic oxidation sites excluding steroid dienone is 4. The molecule has 0 saturated carbocycles. The van der Waals surface area contributed by atoms with Crippen LogP contribution in [0.4, 0.5) is 0 Å². The van der Waals surface area contributed by atoms with E-state index in [1.807, 2.05) is 18.2 Å². The van der Waals surface area contributed by atoms with Crippen molar-refractivity contribution in [1.29, 1.82) is 0 Å². The number of hydrogen-bond acceptors (Lipinski definition) is 1. The largest absolute Gasteiger partial charge is 0.481 e. The molecule has 0 spiro atoms. The first-order valence-electron chi connectivity index (χ1n) is 7.30. The third kappa shape index (κ3) is 14.9. The summed E-state index contributed by atoms with van der Waals surface area (Å²) in [7, 11) is 0. The molecule has 0 unspecified atom stereocenters. The smallest absolute Gasteiger partial charge is 0.303 e. The maximum absolute atomic E-state index is 10.2. The first kappa shape index (κ1) is 16.9. The molecule has 2 heteroatoms. The van der Waals surface area contributed by atoms with E-state index in [-0.39, 0.29) is 6.42 Å². The van der Waals surface area contributed by atoms with Crippen LogP contribution in [0.5, 0.6) is 0 Å². The zero-order valence-corrected chi connectivity index (χ0v) is 11.7. The lowest BCUT2D eigenvalue weighted by molar-refractivity contribution is -0.136. The highest BCUT2D eigenvalue weighted by Crippen LogP contribution is 2.08. The van der Waals surface area contributed by atoms with Gasteiger partial charge < -0.3 is 5.11 Å². The van der Waals surface area contributed by atoms with Crippen molar-refractivity contribution >= 4 is 5.97 Å². The topological polar surface area (TPSA) is 37.3 Å². The summed E-state index contributed by atoms with van der Waals surface area (Å²) in [6.45, 7) is 2.24. The number of carboxylic acid groups (broad SMARTS) is 1. The van der Waals surface area contributed by atoms with E-state index in [9.17, 15) is 4.79 Å². The van der Waals surface area contributed by atoms with E-state index in [4.69, 9.17) is 5.11 Å². The molecular formula is C16H28O2. The van der Waals surface area contributed by atoms with Gasteiger partial charge in [0.05, 0.1) is 0 Å². The lowest BCUT2D eigenvalue weighted by atomic mass is 10.1. The summed E-state index contributed by atoms with van der Waals surface area (Å²) in [6.07, 6.45) is 19.5. The summed E-state index contributed by atoms with van der Waals surface area (Å²) in [5, 5.41) is 8.44. The Morgan fingerprint density at radius 2 is 1.44 bits per heavy atom. The fraction of sp³-hybridized carbons (Fsp3) is 0.688. The quantitative estimate of drug-likeness (QED) is 0.387. The van der Waals surface area contributed by atoms with Gasteiger partial charge in [0.25, 0.3) is 0 Å². The summed E-state index contributed by atoms with van der Waals surface area (Å²) >= 11 is 0. The third-order valence-electron chi connectivity index (χ3n) is 2.88. The standard InChI is InChI=1S/C16H28O2/c1-2-3-4-5-6-7-8-9-10-11-12-13-14-15-16(17)18/h10-13H,2-9,14-15H2,1H3,(H,17,18). The Morgan fingerprint density at radius 1 is 0.889 bits per heavy atom. The van der Waals surface area contributed by atoms with Gasteiger partial charge in [-0.05, 0) is 19.3 Å². The highest BCUT2D eigenvalue weighted by Gasteiger charge is 1.91. The molecular weight excluding hydrogens is 224 g/mol. The van der Waals surface area contributed by atoms with Crippen molar-refractivity contribution < 1.29 is 9.90 Å². The van der Waals surface area contributed by atoms with Crippen molar-refractivity contribution in [3.8, 4) is 0 Å². The van der Waals surface area contributed by atoms with E-state index in [1.54, 1.807) is 0 Å². The minimum Gasteiger partial charge on any atom is -0.481 e. The van der Waals surface area contributed by atoms with Crippen molar-refractivity contribution in [3.63, 3.8) is 0 Å². The first-order valence-corrected chi connectivity index (χ1v) is 7.30. The molecule has 0 atom stereocenters. The molecule has 0 aromatic heterocycles. The van der Waals surface area contributed by atoms with Gasteiger partial charge in [-0.2, -0.15) is 0 Å². The van der Waals surface area contributed by atoms with Crippen molar-refractivity contribution in [2.75, 3.05) is 0 Å². The van der Waals surface area contributed by atoms with E-state index in [2.05, 4.69) is 13.0 Å². The van der Waals surface area contributed by atoms with Crippen molar-refractivity contribution in [1.82, 2.24) is 0 Å². The van der Waals surface area contributed by atoms with Crippen LogP contribution in [0.1, 0.15) is 71.1 Å². The molecule has 0 heterocycles. The van der Waals surface area contributed by atoms with Gasteiger partial charge in [-0.3, -0.25) is 4.79 Å². The number of hydrogen-bond donors (Lipinski definition) is 1. The maximum Gasteiger partial charge on any atom is 0.303 e. The van der Waals surface area contributed by atoms with Crippen LogP contribution in [0, 0.1) is 0 Å². The Bertz CT molecular complexity index is 241. The van der Waals surface area contributed by atoms with Crippen LogP contribution in [0.3, 0.4) is 0 Å². The Balaban J connectivity index is 3.20. The van der Waals surface area contributed by atoms with E-state index in [1.165, 1.54) is 44.9 Å². The monoisotopic (exact) mass is 252 g/mol. The molecule has 0 aromatic carbocycles. The van der Waals surface area contributed by atoms with E-state index in [0.717, 1.165) is 6.42 Å². The number of rotatable bonds is 12. The number of carboxylic acids is 1. The molecule has 0 aliphatic heterocycles. The van der Waals surface area contributed by atoms with Crippen LogP contribution in [-0.4, -0.2) is 11.1 Å². The van der Waals surface area contributed by atoms with Gasteiger partial charge in [-0.15, -0.1) is 0 Å². The fourth-order valence-electron chi connectivity index (χ4n) is 1.78. The van der Waals surface area contributed by atoms with Crippen LogP contribution in [-0.2, 0) is 4.79 Å². The third-order valence-corrected chi connectivity index (χ3v) is 2.88. The van der Waals surface area contributed by atoms with Gasteiger partial charge in [0.1, 0.15) is 0 Å². The van der Waals surface area contributed by atoms with Crippen LogP contribution in [0.15, 0.2) is 24.3 Å². The lowest BCUT2D eigenvalue weighted by Gasteiger charge is -1.98. The van der Waals surface area contributed by atoms with Gasteiger partial charge in [0, 0.05) is 6.42 Å². The second-order valence-corrected chi connectivity index (χ2v) is 4.70. The molecule has 0 bridgehead atoms. The molecule has 1 N–H and O–H groups in total.